The minimum atomic E-state index is 0.0754. The van der Waals surface area contributed by atoms with Crippen molar-refractivity contribution in [1.82, 2.24) is 15.2 Å². The van der Waals surface area contributed by atoms with E-state index < -0.39 is 0 Å². The summed E-state index contributed by atoms with van der Waals surface area (Å²) in [6.45, 7) is 0. The normalized spacial score (nSPS) is 26.3. The van der Waals surface area contributed by atoms with Crippen molar-refractivity contribution >= 4 is 22.4 Å². The number of aromatic nitrogens is 3. The van der Waals surface area contributed by atoms with Gasteiger partial charge in [0, 0.05) is 24.4 Å². The molecule has 0 radical (unpaired) electrons. The number of hydrogen-bond acceptors (Lipinski definition) is 5. The van der Waals surface area contributed by atoms with Crippen LogP contribution in [0.5, 0.6) is 0 Å². The van der Waals surface area contributed by atoms with Crippen LogP contribution >= 0.6 is 11.3 Å². The summed E-state index contributed by atoms with van der Waals surface area (Å²) in [5.41, 5.74) is 0.925. The van der Waals surface area contributed by atoms with Gasteiger partial charge in [-0.1, -0.05) is 17.8 Å². The van der Waals surface area contributed by atoms with E-state index in [1.807, 2.05) is 12.1 Å². The second-order valence-corrected chi connectivity index (χ2v) is 7.32. The molecule has 4 rings (SSSR count). The Labute approximate surface area is 133 Å². The average molecular weight is 314 g/mol. The van der Waals surface area contributed by atoms with E-state index in [9.17, 15) is 4.79 Å². The molecule has 2 heterocycles. The fourth-order valence-corrected chi connectivity index (χ4v) is 4.66. The minimum absolute atomic E-state index is 0.0754. The van der Waals surface area contributed by atoms with Crippen molar-refractivity contribution in [1.29, 1.82) is 0 Å². The van der Waals surface area contributed by atoms with Gasteiger partial charge < -0.3 is 5.32 Å². The fraction of sp³-hybridized carbons (Fsp3) is 0.500. The summed E-state index contributed by atoms with van der Waals surface area (Å²) in [5.74, 6) is 2.30. The summed E-state index contributed by atoms with van der Waals surface area (Å²) in [6, 6.07) is 3.80. The van der Waals surface area contributed by atoms with Crippen LogP contribution in [0.4, 0.5) is 5.13 Å². The van der Waals surface area contributed by atoms with Crippen LogP contribution in [0.1, 0.15) is 32.1 Å². The Morgan fingerprint density at radius 2 is 2.27 bits per heavy atom. The van der Waals surface area contributed by atoms with Crippen molar-refractivity contribution in [2.75, 3.05) is 5.32 Å². The molecule has 2 aromatic rings. The van der Waals surface area contributed by atoms with Crippen LogP contribution < -0.4 is 5.32 Å². The zero-order valence-corrected chi connectivity index (χ0v) is 13.1. The topological polar surface area (TPSA) is 67.8 Å². The first-order chi connectivity index (χ1) is 10.8. The predicted molar refractivity (Wildman–Crippen MR) is 85.3 cm³/mol. The second-order valence-electron chi connectivity index (χ2n) is 6.34. The number of pyridine rings is 1. The largest absolute Gasteiger partial charge is 0.301 e. The Morgan fingerprint density at radius 1 is 1.32 bits per heavy atom. The van der Waals surface area contributed by atoms with Crippen LogP contribution in [0.25, 0.3) is 10.6 Å². The maximum Gasteiger partial charge on any atom is 0.226 e. The molecular formula is C16H18N4OS. The van der Waals surface area contributed by atoms with Crippen LogP contribution in [0.15, 0.2) is 24.5 Å². The van der Waals surface area contributed by atoms with Gasteiger partial charge in [-0.3, -0.25) is 9.78 Å². The number of carbonyl (C=O) groups is 1. The first-order valence-electron chi connectivity index (χ1n) is 7.81. The summed E-state index contributed by atoms with van der Waals surface area (Å²) in [5, 5.41) is 12.4. The van der Waals surface area contributed by atoms with Crippen LogP contribution in [-0.2, 0) is 4.79 Å². The molecule has 6 heteroatoms. The molecule has 1 N–H and O–H groups in total. The van der Waals surface area contributed by atoms with Crippen molar-refractivity contribution in [3.05, 3.63) is 24.5 Å². The molecule has 3 unspecified atom stereocenters. The van der Waals surface area contributed by atoms with Crippen LogP contribution in [0.3, 0.4) is 0 Å². The lowest BCUT2D eigenvalue weighted by Crippen LogP contribution is -2.20. The summed E-state index contributed by atoms with van der Waals surface area (Å²) in [4.78, 5) is 16.3. The van der Waals surface area contributed by atoms with Crippen LogP contribution in [-0.4, -0.2) is 21.1 Å². The van der Waals surface area contributed by atoms with E-state index in [2.05, 4.69) is 20.5 Å². The molecule has 114 valence electrons. The van der Waals surface area contributed by atoms with Crippen LogP contribution in [0.2, 0.25) is 0 Å². The van der Waals surface area contributed by atoms with Gasteiger partial charge in [0.2, 0.25) is 11.0 Å². The highest BCUT2D eigenvalue weighted by Gasteiger charge is 2.40. The molecule has 2 fully saturated rings. The molecule has 2 aliphatic rings. The van der Waals surface area contributed by atoms with Gasteiger partial charge in [0.1, 0.15) is 0 Å². The van der Waals surface area contributed by atoms with E-state index in [1.165, 1.54) is 37.0 Å². The van der Waals surface area contributed by atoms with Crippen molar-refractivity contribution in [2.24, 2.45) is 17.8 Å². The molecule has 2 saturated carbocycles. The third kappa shape index (κ3) is 2.75. The molecule has 1 amide bonds. The van der Waals surface area contributed by atoms with Crippen molar-refractivity contribution in [3.63, 3.8) is 0 Å². The molecule has 2 aliphatic carbocycles. The maximum absolute atomic E-state index is 12.2. The fourth-order valence-electron chi connectivity index (χ4n) is 3.91. The summed E-state index contributed by atoms with van der Waals surface area (Å²) in [6.07, 6.45) is 9.35. The summed E-state index contributed by atoms with van der Waals surface area (Å²) < 4.78 is 0. The zero-order valence-electron chi connectivity index (χ0n) is 12.2. The standard InChI is InChI=1S/C16H18N4OS/c21-14(8-13-7-10-3-4-11(13)6-10)18-16-20-19-15(22-16)12-2-1-5-17-9-12/h1-2,5,9-11,13H,3-4,6-8H2,(H,18,20,21). The third-order valence-electron chi connectivity index (χ3n) is 4.91. The Balaban J connectivity index is 1.37. The van der Waals surface area contributed by atoms with E-state index in [-0.39, 0.29) is 5.91 Å². The summed E-state index contributed by atoms with van der Waals surface area (Å²) >= 11 is 1.39. The van der Waals surface area contributed by atoms with E-state index >= 15 is 0 Å². The number of anilines is 1. The number of amides is 1. The van der Waals surface area contributed by atoms with Gasteiger partial charge in [-0.05, 0) is 49.1 Å². The highest BCUT2D eigenvalue weighted by Crippen LogP contribution is 2.49. The smallest absolute Gasteiger partial charge is 0.226 e. The number of hydrogen-bond donors (Lipinski definition) is 1. The molecular weight excluding hydrogens is 296 g/mol. The maximum atomic E-state index is 12.2. The Kier molecular flexibility index (Phi) is 3.62. The van der Waals surface area contributed by atoms with Crippen molar-refractivity contribution in [2.45, 2.75) is 32.1 Å². The van der Waals surface area contributed by atoms with E-state index in [4.69, 9.17) is 0 Å². The Bertz CT molecular complexity index is 672. The number of nitrogens with zero attached hydrogens (tertiary/aromatic N) is 3. The summed E-state index contributed by atoms with van der Waals surface area (Å²) in [7, 11) is 0. The van der Waals surface area contributed by atoms with E-state index in [1.54, 1.807) is 12.4 Å². The third-order valence-corrected chi connectivity index (χ3v) is 5.80. The van der Waals surface area contributed by atoms with Gasteiger partial charge in [-0.15, -0.1) is 10.2 Å². The number of rotatable bonds is 4. The lowest BCUT2D eigenvalue weighted by Gasteiger charge is -2.20. The first-order valence-corrected chi connectivity index (χ1v) is 8.63. The zero-order chi connectivity index (χ0) is 14.9. The molecule has 0 aromatic carbocycles. The lowest BCUT2D eigenvalue weighted by atomic mass is 9.86. The van der Waals surface area contributed by atoms with Gasteiger partial charge in [0.15, 0.2) is 5.01 Å². The van der Waals surface area contributed by atoms with Gasteiger partial charge in [0.25, 0.3) is 0 Å². The van der Waals surface area contributed by atoms with Gasteiger partial charge >= 0.3 is 0 Å². The highest BCUT2D eigenvalue weighted by atomic mass is 32.1. The molecule has 2 bridgehead atoms. The molecule has 3 atom stereocenters. The molecule has 22 heavy (non-hydrogen) atoms. The quantitative estimate of drug-likeness (QED) is 0.939. The Hall–Kier alpha value is -1.82. The van der Waals surface area contributed by atoms with Gasteiger partial charge in [-0.2, -0.15) is 0 Å². The lowest BCUT2D eigenvalue weighted by molar-refractivity contribution is -0.117. The van der Waals surface area contributed by atoms with E-state index in [0.29, 0.717) is 17.5 Å². The second kappa shape index (κ2) is 5.76. The van der Waals surface area contributed by atoms with Crippen molar-refractivity contribution < 1.29 is 4.79 Å². The van der Waals surface area contributed by atoms with Gasteiger partial charge in [0.05, 0.1) is 0 Å². The predicted octanol–water partition coefficient (Wildman–Crippen LogP) is 3.36. The molecule has 5 nitrogen and oxygen atoms in total. The highest BCUT2D eigenvalue weighted by molar-refractivity contribution is 7.18. The minimum Gasteiger partial charge on any atom is -0.301 e. The molecule has 0 aliphatic heterocycles. The Morgan fingerprint density at radius 3 is 3.00 bits per heavy atom. The molecule has 0 saturated heterocycles. The van der Waals surface area contributed by atoms with Crippen LogP contribution in [0, 0.1) is 17.8 Å². The SMILES string of the molecule is O=C(CC1CC2CCC1C2)Nc1nnc(-c2cccnc2)s1. The number of nitrogens with one attached hydrogen (secondary N) is 1. The number of fused-ring (bicyclic) bond motifs is 2. The molecule has 0 spiro atoms. The van der Waals surface area contributed by atoms with Crippen molar-refractivity contribution in [3.8, 4) is 10.6 Å². The average Bonchev–Trinajstić information content (AvgIpc) is 3.24. The molecule has 2 aromatic heterocycles. The van der Waals surface area contributed by atoms with Gasteiger partial charge in [-0.25, -0.2) is 0 Å². The monoisotopic (exact) mass is 314 g/mol. The van der Waals surface area contributed by atoms with E-state index in [0.717, 1.165) is 22.4 Å². The first kappa shape index (κ1) is 13.8. The number of carbonyl (C=O) groups excluding carboxylic acids is 1.